The lowest BCUT2D eigenvalue weighted by Crippen LogP contribution is -2.32. The fourth-order valence-corrected chi connectivity index (χ4v) is 1.96. The summed E-state index contributed by atoms with van der Waals surface area (Å²) in [6.07, 6.45) is -4.94. The summed E-state index contributed by atoms with van der Waals surface area (Å²) in [7, 11) is 0. The lowest BCUT2D eigenvalue weighted by atomic mass is 10.2. The van der Waals surface area contributed by atoms with Crippen LogP contribution in [0.15, 0.2) is 48.5 Å². The fourth-order valence-electron chi connectivity index (χ4n) is 1.96. The number of carbonyl (C=O) groups is 1. The third-order valence-electron chi connectivity index (χ3n) is 3.23. The molecule has 0 aliphatic heterocycles. The topological polar surface area (TPSA) is 38.3 Å². The number of anilines is 1. The van der Waals surface area contributed by atoms with Crippen LogP contribution in [0.4, 0.5) is 23.2 Å². The van der Waals surface area contributed by atoms with Crippen molar-refractivity contribution in [1.29, 1.82) is 0 Å². The molecule has 1 unspecified atom stereocenters. The highest BCUT2D eigenvalue weighted by atomic mass is 19.4. The molecule has 24 heavy (non-hydrogen) atoms. The Hall–Kier alpha value is -2.57. The van der Waals surface area contributed by atoms with Crippen molar-refractivity contribution in [3.05, 3.63) is 59.9 Å². The summed E-state index contributed by atoms with van der Waals surface area (Å²) < 4.78 is 55.8. The van der Waals surface area contributed by atoms with Crippen LogP contribution in [0.2, 0.25) is 0 Å². The van der Waals surface area contributed by atoms with E-state index in [2.05, 4.69) is 5.32 Å². The SMILES string of the molecule is CCC(Oc1ccc(F)cc1)C(=O)Nc1ccc(C(F)(F)F)cc1. The first-order chi connectivity index (χ1) is 11.3. The molecule has 0 radical (unpaired) electrons. The van der Waals surface area contributed by atoms with E-state index < -0.39 is 29.6 Å². The van der Waals surface area contributed by atoms with Crippen molar-refractivity contribution < 1.29 is 27.1 Å². The molecule has 0 fully saturated rings. The van der Waals surface area contributed by atoms with E-state index >= 15 is 0 Å². The van der Waals surface area contributed by atoms with Crippen LogP contribution >= 0.6 is 0 Å². The number of ether oxygens (including phenoxy) is 1. The highest BCUT2D eigenvalue weighted by Gasteiger charge is 2.30. The van der Waals surface area contributed by atoms with Gasteiger partial charge >= 0.3 is 6.18 Å². The molecule has 7 heteroatoms. The van der Waals surface area contributed by atoms with Crippen LogP contribution in [-0.4, -0.2) is 12.0 Å². The van der Waals surface area contributed by atoms with E-state index in [-0.39, 0.29) is 5.69 Å². The van der Waals surface area contributed by atoms with Crippen LogP contribution in [0.5, 0.6) is 5.75 Å². The lowest BCUT2D eigenvalue weighted by molar-refractivity contribution is -0.137. The van der Waals surface area contributed by atoms with Gasteiger partial charge in [-0.15, -0.1) is 0 Å². The van der Waals surface area contributed by atoms with Crippen LogP contribution in [-0.2, 0) is 11.0 Å². The largest absolute Gasteiger partial charge is 0.481 e. The van der Waals surface area contributed by atoms with Gasteiger partial charge in [-0.05, 0) is 55.0 Å². The van der Waals surface area contributed by atoms with Gasteiger partial charge in [0.05, 0.1) is 5.56 Å². The summed E-state index contributed by atoms with van der Waals surface area (Å²) in [6, 6.07) is 9.31. The number of rotatable bonds is 5. The summed E-state index contributed by atoms with van der Waals surface area (Å²) in [5, 5.41) is 2.50. The highest BCUT2D eigenvalue weighted by Crippen LogP contribution is 2.29. The second-order valence-corrected chi connectivity index (χ2v) is 5.03. The van der Waals surface area contributed by atoms with Gasteiger partial charge in [-0.1, -0.05) is 6.92 Å². The molecule has 1 atom stereocenters. The minimum atomic E-state index is -4.43. The van der Waals surface area contributed by atoms with Crippen molar-refractivity contribution in [3.63, 3.8) is 0 Å². The third-order valence-corrected chi connectivity index (χ3v) is 3.23. The molecule has 0 heterocycles. The van der Waals surface area contributed by atoms with Gasteiger partial charge < -0.3 is 10.1 Å². The quantitative estimate of drug-likeness (QED) is 0.805. The molecular weight excluding hydrogens is 326 g/mol. The normalized spacial score (nSPS) is 12.5. The number of alkyl halides is 3. The average molecular weight is 341 g/mol. The molecule has 0 aliphatic rings. The maximum atomic E-state index is 12.9. The van der Waals surface area contributed by atoms with E-state index in [0.29, 0.717) is 12.2 Å². The Labute approximate surface area is 136 Å². The van der Waals surface area contributed by atoms with Crippen LogP contribution in [0.1, 0.15) is 18.9 Å². The van der Waals surface area contributed by atoms with Crippen LogP contribution in [0.25, 0.3) is 0 Å². The molecule has 1 amide bonds. The van der Waals surface area contributed by atoms with Gasteiger partial charge in [0, 0.05) is 5.69 Å². The molecule has 0 aliphatic carbocycles. The van der Waals surface area contributed by atoms with E-state index in [1.165, 1.54) is 36.4 Å². The zero-order chi connectivity index (χ0) is 17.7. The Bertz CT molecular complexity index is 681. The molecule has 2 aromatic rings. The number of hydrogen-bond acceptors (Lipinski definition) is 2. The zero-order valence-electron chi connectivity index (χ0n) is 12.7. The number of carbonyl (C=O) groups excluding carboxylic acids is 1. The van der Waals surface area contributed by atoms with Crippen LogP contribution in [0, 0.1) is 5.82 Å². The number of hydrogen-bond donors (Lipinski definition) is 1. The molecule has 0 saturated heterocycles. The first kappa shape index (κ1) is 17.8. The van der Waals surface area contributed by atoms with E-state index in [1.54, 1.807) is 6.92 Å². The number of amides is 1. The predicted octanol–water partition coefficient (Wildman–Crippen LogP) is 4.64. The van der Waals surface area contributed by atoms with Crippen molar-refractivity contribution in [1.82, 2.24) is 0 Å². The summed E-state index contributed by atoms with van der Waals surface area (Å²) in [5.74, 6) is -0.600. The van der Waals surface area contributed by atoms with E-state index in [0.717, 1.165) is 12.1 Å². The fraction of sp³-hybridized carbons (Fsp3) is 0.235. The highest BCUT2D eigenvalue weighted by molar-refractivity contribution is 5.94. The van der Waals surface area contributed by atoms with Crippen molar-refractivity contribution in [2.45, 2.75) is 25.6 Å². The van der Waals surface area contributed by atoms with Gasteiger partial charge in [-0.2, -0.15) is 13.2 Å². The minimum Gasteiger partial charge on any atom is -0.481 e. The van der Waals surface area contributed by atoms with Crippen molar-refractivity contribution in [3.8, 4) is 5.75 Å². The van der Waals surface area contributed by atoms with Crippen molar-refractivity contribution in [2.24, 2.45) is 0 Å². The first-order valence-corrected chi connectivity index (χ1v) is 7.20. The Morgan fingerprint density at radius 1 is 1.08 bits per heavy atom. The monoisotopic (exact) mass is 341 g/mol. The molecule has 1 N–H and O–H groups in total. The van der Waals surface area contributed by atoms with Gasteiger partial charge in [0.25, 0.3) is 5.91 Å². The maximum absolute atomic E-state index is 12.9. The Kier molecular flexibility index (Phi) is 5.43. The zero-order valence-corrected chi connectivity index (χ0v) is 12.7. The van der Waals surface area contributed by atoms with Crippen LogP contribution in [0.3, 0.4) is 0 Å². The summed E-state index contributed by atoms with van der Waals surface area (Å²) in [4.78, 5) is 12.2. The molecule has 128 valence electrons. The van der Waals surface area contributed by atoms with Gasteiger partial charge in [-0.25, -0.2) is 4.39 Å². The molecule has 0 aromatic heterocycles. The average Bonchev–Trinajstić information content (AvgIpc) is 2.54. The van der Waals surface area contributed by atoms with E-state index in [1.807, 2.05) is 0 Å². The summed E-state index contributed by atoms with van der Waals surface area (Å²) >= 11 is 0. The van der Waals surface area contributed by atoms with E-state index in [9.17, 15) is 22.4 Å². The third kappa shape index (κ3) is 4.71. The standard InChI is InChI=1S/C17H15F4NO2/c1-2-15(24-14-9-5-12(18)6-10-14)16(23)22-13-7-3-11(4-8-13)17(19,20)21/h3-10,15H,2H2,1H3,(H,22,23). The second kappa shape index (κ2) is 7.33. The molecule has 0 bridgehead atoms. The minimum absolute atomic E-state index is 0.231. The summed E-state index contributed by atoms with van der Waals surface area (Å²) in [5.41, 5.74) is -0.566. The Balaban J connectivity index is 2.02. The van der Waals surface area contributed by atoms with Crippen LogP contribution < -0.4 is 10.1 Å². The van der Waals surface area contributed by atoms with E-state index in [4.69, 9.17) is 4.74 Å². The molecule has 2 rings (SSSR count). The Morgan fingerprint density at radius 3 is 2.17 bits per heavy atom. The molecule has 0 saturated carbocycles. The van der Waals surface area contributed by atoms with Crippen molar-refractivity contribution >= 4 is 11.6 Å². The van der Waals surface area contributed by atoms with Gasteiger partial charge in [-0.3, -0.25) is 4.79 Å². The van der Waals surface area contributed by atoms with Gasteiger partial charge in [0.1, 0.15) is 11.6 Å². The van der Waals surface area contributed by atoms with Gasteiger partial charge in [0.15, 0.2) is 6.10 Å². The second-order valence-electron chi connectivity index (χ2n) is 5.03. The predicted molar refractivity (Wildman–Crippen MR) is 81.2 cm³/mol. The molecule has 3 nitrogen and oxygen atoms in total. The number of nitrogens with one attached hydrogen (secondary N) is 1. The number of halogens is 4. The molecule has 2 aromatic carbocycles. The Morgan fingerprint density at radius 2 is 1.67 bits per heavy atom. The number of benzene rings is 2. The molecule has 0 spiro atoms. The lowest BCUT2D eigenvalue weighted by Gasteiger charge is -2.17. The van der Waals surface area contributed by atoms with Crippen molar-refractivity contribution in [2.75, 3.05) is 5.32 Å². The maximum Gasteiger partial charge on any atom is 0.416 e. The molecular formula is C17H15F4NO2. The van der Waals surface area contributed by atoms with Gasteiger partial charge in [0.2, 0.25) is 0 Å². The first-order valence-electron chi connectivity index (χ1n) is 7.20. The smallest absolute Gasteiger partial charge is 0.416 e. The summed E-state index contributed by atoms with van der Waals surface area (Å²) in [6.45, 7) is 1.72.